The molecule has 0 radical (unpaired) electrons. The van der Waals surface area contributed by atoms with Gasteiger partial charge in [0.1, 0.15) is 0 Å². The van der Waals surface area contributed by atoms with E-state index in [4.69, 9.17) is 11.6 Å². The molecule has 0 saturated carbocycles. The van der Waals surface area contributed by atoms with Crippen LogP contribution in [0, 0.1) is 0 Å². The highest BCUT2D eigenvalue weighted by molar-refractivity contribution is 9.11. The summed E-state index contributed by atoms with van der Waals surface area (Å²) >= 11 is 13.4. The van der Waals surface area contributed by atoms with Crippen molar-refractivity contribution in [3.63, 3.8) is 0 Å². The van der Waals surface area contributed by atoms with E-state index in [9.17, 15) is 0 Å². The van der Waals surface area contributed by atoms with Crippen molar-refractivity contribution in [1.29, 1.82) is 0 Å². The lowest BCUT2D eigenvalue weighted by Crippen LogP contribution is -2.24. The molecular formula is C17H18Br2ClN. The first-order valence-corrected chi connectivity index (χ1v) is 8.99. The maximum absolute atomic E-state index is 6.31. The minimum absolute atomic E-state index is 0.249. The van der Waals surface area contributed by atoms with E-state index in [0.717, 1.165) is 33.4 Å². The molecule has 1 N–H and O–H groups in total. The summed E-state index contributed by atoms with van der Waals surface area (Å²) in [6, 6.07) is 14.7. The lowest BCUT2D eigenvalue weighted by atomic mass is 9.98. The number of nitrogens with one attached hydrogen (secondary N) is 1. The number of halogens is 3. The molecule has 1 atom stereocenters. The van der Waals surface area contributed by atoms with Crippen molar-refractivity contribution in [2.75, 3.05) is 6.54 Å². The number of hydrogen-bond acceptors (Lipinski definition) is 1. The molecule has 1 unspecified atom stereocenters. The van der Waals surface area contributed by atoms with Crippen LogP contribution in [0.15, 0.2) is 51.4 Å². The minimum Gasteiger partial charge on any atom is -0.310 e. The smallest absolute Gasteiger partial charge is 0.0438 e. The van der Waals surface area contributed by atoms with Crippen molar-refractivity contribution >= 4 is 43.5 Å². The standard InChI is InChI=1S/C17H18Br2ClN/c1-2-7-21-17(10-12-5-3-4-6-16(12)20)13-8-14(18)11-15(19)9-13/h3-6,8-9,11,17,21H,2,7,10H2,1H3. The first-order valence-electron chi connectivity index (χ1n) is 7.03. The zero-order valence-corrected chi connectivity index (χ0v) is 15.8. The third-order valence-corrected chi connectivity index (χ3v) is 4.59. The molecule has 0 aliphatic rings. The minimum atomic E-state index is 0.249. The van der Waals surface area contributed by atoms with Gasteiger partial charge in [0.25, 0.3) is 0 Å². The summed E-state index contributed by atoms with van der Waals surface area (Å²) in [4.78, 5) is 0. The summed E-state index contributed by atoms with van der Waals surface area (Å²) in [5.41, 5.74) is 2.42. The summed E-state index contributed by atoms with van der Waals surface area (Å²) in [6.07, 6.45) is 1.98. The Morgan fingerprint density at radius 1 is 1.10 bits per heavy atom. The molecule has 2 aromatic carbocycles. The van der Waals surface area contributed by atoms with Gasteiger partial charge in [-0.15, -0.1) is 0 Å². The average Bonchev–Trinajstić information content (AvgIpc) is 2.44. The SMILES string of the molecule is CCCNC(Cc1ccccc1Cl)c1cc(Br)cc(Br)c1. The van der Waals surface area contributed by atoms with Gasteiger partial charge >= 0.3 is 0 Å². The molecule has 0 amide bonds. The summed E-state index contributed by atoms with van der Waals surface area (Å²) in [5, 5.41) is 4.44. The molecule has 0 aliphatic heterocycles. The van der Waals surface area contributed by atoms with E-state index in [1.165, 1.54) is 11.1 Å². The van der Waals surface area contributed by atoms with Crippen molar-refractivity contribution in [1.82, 2.24) is 5.32 Å². The van der Waals surface area contributed by atoms with Crippen molar-refractivity contribution < 1.29 is 0 Å². The number of rotatable bonds is 6. The van der Waals surface area contributed by atoms with Crippen LogP contribution < -0.4 is 5.32 Å². The van der Waals surface area contributed by atoms with Gasteiger partial charge in [0.2, 0.25) is 0 Å². The predicted molar refractivity (Wildman–Crippen MR) is 98.0 cm³/mol. The van der Waals surface area contributed by atoms with Gasteiger partial charge in [-0.3, -0.25) is 0 Å². The van der Waals surface area contributed by atoms with Crippen LogP contribution in [0.1, 0.15) is 30.5 Å². The van der Waals surface area contributed by atoms with Crippen molar-refractivity contribution in [3.8, 4) is 0 Å². The average molecular weight is 432 g/mol. The Labute approximate surface area is 148 Å². The van der Waals surface area contributed by atoms with E-state index in [-0.39, 0.29) is 6.04 Å². The molecule has 21 heavy (non-hydrogen) atoms. The summed E-state index contributed by atoms with van der Waals surface area (Å²) < 4.78 is 2.16. The Morgan fingerprint density at radius 2 is 1.76 bits per heavy atom. The van der Waals surface area contributed by atoms with E-state index in [1.54, 1.807) is 0 Å². The van der Waals surface area contributed by atoms with Crippen LogP contribution in [-0.2, 0) is 6.42 Å². The summed E-state index contributed by atoms with van der Waals surface area (Å²) in [5.74, 6) is 0. The molecule has 2 aromatic rings. The fourth-order valence-electron chi connectivity index (χ4n) is 2.29. The molecule has 0 bridgehead atoms. The topological polar surface area (TPSA) is 12.0 Å². The molecule has 0 saturated heterocycles. The van der Waals surface area contributed by atoms with Crippen molar-refractivity contribution in [2.24, 2.45) is 0 Å². The van der Waals surface area contributed by atoms with E-state index in [1.807, 2.05) is 18.2 Å². The Hall–Kier alpha value is -0.350. The normalized spacial score (nSPS) is 12.4. The zero-order chi connectivity index (χ0) is 15.2. The van der Waals surface area contributed by atoms with Gasteiger partial charge in [-0.1, -0.05) is 68.6 Å². The van der Waals surface area contributed by atoms with Crippen LogP contribution in [-0.4, -0.2) is 6.54 Å². The second kappa shape index (κ2) is 8.33. The predicted octanol–water partition coefficient (Wildman–Crippen LogP) is 6.15. The van der Waals surface area contributed by atoms with E-state index >= 15 is 0 Å². The third kappa shape index (κ3) is 5.10. The highest BCUT2D eigenvalue weighted by atomic mass is 79.9. The van der Waals surface area contributed by atoms with Crippen LogP contribution in [0.4, 0.5) is 0 Å². The molecule has 0 aliphatic carbocycles. The van der Waals surface area contributed by atoms with Crippen LogP contribution in [0.3, 0.4) is 0 Å². The van der Waals surface area contributed by atoms with Gasteiger partial charge in [-0.2, -0.15) is 0 Å². The fraction of sp³-hybridized carbons (Fsp3) is 0.294. The number of hydrogen-bond donors (Lipinski definition) is 1. The van der Waals surface area contributed by atoms with E-state index in [0.29, 0.717) is 0 Å². The second-order valence-electron chi connectivity index (χ2n) is 5.01. The quantitative estimate of drug-likeness (QED) is 0.579. The Bertz CT molecular complexity index is 581. The van der Waals surface area contributed by atoms with Gasteiger partial charge in [0.15, 0.2) is 0 Å². The molecule has 0 fully saturated rings. The Morgan fingerprint density at radius 3 is 2.38 bits per heavy atom. The highest BCUT2D eigenvalue weighted by Crippen LogP contribution is 2.28. The van der Waals surface area contributed by atoms with Crippen LogP contribution in [0.2, 0.25) is 5.02 Å². The van der Waals surface area contributed by atoms with Crippen LogP contribution in [0.25, 0.3) is 0 Å². The van der Waals surface area contributed by atoms with Crippen molar-refractivity contribution in [3.05, 3.63) is 67.6 Å². The first-order chi connectivity index (χ1) is 10.1. The maximum atomic E-state index is 6.31. The van der Waals surface area contributed by atoms with Gasteiger partial charge in [0.05, 0.1) is 0 Å². The maximum Gasteiger partial charge on any atom is 0.0438 e. The molecule has 0 spiro atoms. The van der Waals surface area contributed by atoms with Gasteiger partial charge < -0.3 is 5.32 Å². The van der Waals surface area contributed by atoms with Crippen LogP contribution >= 0.6 is 43.5 Å². The van der Waals surface area contributed by atoms with Gasteiger partial charge in [0, 0.05) is 20.0 Å². The second-order valence-corrected chi connectivity index (χ2v) is 7.24. The van der Waals surface area contributed by atoms with Gasteiger partial charge in [-0.05, 0) is 54.8 Å². The van der Waals surface area contributed by atoms with Crippen molar-refractivity contribution in [2.45, 2.75) is 25.8 Å². The zero-order valence-electron chi connectivity index (χ0n) is 11.9. The monoisotopic (exact) mass is 429 g/mol. The largest absolute Gasteiger partial charge is 0.310 e. The summed E-state index contributed by atoms with van der Waals surface area (Å²) in [6.45, 7) is 3.16. The molecule has 2 rings (SSSR count). The molecule has 1 nitrogen and oxygen atoms in total. The highest BCUT2D eigenvalue weighted by Gasteiger charge is 2.14. The summed E-state index contributed by atoms with van der Waals surface area (Å²) in [7, 11) is 0. The first kappa shape index (κ1) is 17.0. The van der Waals surface area contributed by atoms with Gasteiger partial charge in [-0.25, -0.2) is 0 Å². The van der Waals surface area contributed by atoms with Crippen LogP contribution in [0.5, 0.6) is 0 Å². The lowest BCUT2D eigenvalue weighted by Gasteiger charge is -2.20. The molecule has 4 heteroatoms. The molecule has 0 aromatic heterocycles. The molecular weight excluding hydrogens is 413 g/mol. The third-order valence-electron chi connectivity index (χ3n) is 3.31. The lowest BCUT2D eigenvalue weighted by molar-refractivity contribution is 0.529. The Kier molecular flexibility index (Phi) is 6.74. The Balaban J connectivity index is 2.27. The van der Waals surface area contributed by atoms with E-state index in [2.05, 4.69) is 68.4 Å². The fourth-order valence-corrected chi connectivity index (χ4v) is 3.83. The number of benzene rings is 2. The molecule has 0 heterocycles. The molecule has 112 valence electrons. The van der Waals surface area contributed by atoms with E-state index < -0.39 is 0 Å².